The van der Waals surface area contributed by atoms with Crippen LogP contribution in [0.2, 0.25) is 0 Å². The maximum absolute atomic E-state index is 13.6. The SMILES string of the molecule is CC(C)(C)OC(=O)NCCCc1cc(N)ccc1Oc1cc(CF)cc(NCCNC(=O)OC(C)(C)C)c1. The molecule has 38 heavy (non-hydrogen) atoms. The molecule has 2 amide bonds. The van der Waals surface area contributed by atoms with Crippen molar-refractivity contribution in [2.24, 2.45) is 0 Å². The number of nitrogen functional groups attached to an aromatic ring is 1. The molecule has 0 fully saturated rings. The Kier molecular flexibility index (Phi) is 11.0. The van der Waals surface area contributed by atoms with Gasteiger partial charge in [0.2, 0.25) is 0 Å². The summed E-state index contributed by atoms with van der Waals surface area (Å²) in [5, 5.41) is 8.58. The molecule has 2 aromatic rings. The van der Waals surface area contributed by atoms with Crippen molar-refractivity contribution in [3.05, 3.63) is 47.5 Å². The van der Waals surface area contributed by atoms with E-state index in [4.69, 9.17) is 19.9 Å². The highest BCUT2D eigenvalue weighted by atomic mass is 19.1. The number of benzene rings is 2. The highest BCUT2D eigenvalue weighted by Gasteiger charge is 2.16. The molecule has 0 aliphatic carbocycles. The first kappa shape index (κ1) is 30.5. The fourth-order valence-corrected chi connectivity index (χ4v) is 3.39. The molecule has 5 N–H and O–H groups in total. The largest absolute Gasteiger partial charge is 0.457 e. The monoisotopic (exact) mass is 532 g/mol. The summed E-state index contributed by atoms with van der Waals surface area (Å²) in [6, 6.07) is 10.4. The molecule has 2 aromatic carbocycles. The van der Waals surface area contributed by atoms with E-state index in [1.807, 2.05) is 26.8 Å². The summed E-state index contributed by atoms with van der Waals surface area (Å²) in [7, 11) is 0. The van der Waals surface area contributed by atoms with Crippen molar-refractivity contribution in [2.45, 2.75) is 72.3 Å². The Morgan fingerprint density at radius 2 is 1.50 bits per heavy atom. The third kappa shape index (κ3) is 12.0. The Morgan fingerprint density at radius 3 is 2.11 bits per heavy atom. The topological polar surface area (TPSA) is 124 Å². The zero-order valence-electron chi connectivity index (χ0n) is 23.2. The third-order valence-electron chi connectivity index (χ3n) is 4.85. The van der Waals surface area contributed by atoms with Crippen molar-refractivity contribution >= 4 is 23.6 Å². The summed E-state index contributed by atoms with van der Waals surface area (Å²) in [5.74, 6) is 1.05. The number of ether oxygens (including phenoxy) is 3. The molecule has 210 valence electrons. The first-order chi connectivity index (χ1) is 17.7. The van der Waals surface area contributed by atoms with Gasteiger partial charge in [-0.15, -0.1) is 0 Å². The summed E-state index contributed by atoms with van der Waals surface area (Å²) in [6.45, 7) is 11.3. The van der Waals surface area contributed by atoms with Crippen LogP contribution >= 0.6 is 0 Å². The Labute approximate surface area is 224 Å². The first-order valence-electron chi connectivity index (χ1n) is 12.7. The second-order valence-electron chi connectivity index (χ2n) is 10.9. The second kappa shape index (κ2) is 13.7. The van der Waals surface area contributed by atoms with Crippen molar-refractivity contribution < 1.29 is 28.2 Å². The van der Waals surface area contributed by atoms with Gasteiger partial charge in [-0.1, -0.05) is 0 Å². The third-order valence-corrected chi connectivity index (χ3v) is 4.85. The van der Waals surface area contributed by atoms with Crippen LogP contribution in [0.4, 0.5) is 25.4 Å². The van der Waals surface area contributed by atoms with E-state index < -0.39 is 30.1 Å². The Hall–Kier alpha value is -3.69. The normalized spacial score (nSPS) is 11.4. The molecule has 0 spiro atoms. The highest BCUT2D eigenvalue weighted by Crippen LogP contribution is 2.31. The van der Waals surface area contributed by atoms with Crippen molar-refractivity contribution in [1.29, 1.82) is 0 Å². The van der Waals surface area contributed by atoms with Crippen LogP contribution in [0.25, 0.3) is 0 Å². The second-order valence-corrected chi connectivity index (χ2v) is 10.9. The zero-order valence-corrected chi connectivity index (χ0v) is 23.2. The number of hydrogen-bond donors (Lipinski definition) is 4. The van der Waals surface area contributed by atoms with Crippen LogP contribution in [0.15, 0.2) is 36.4 Å². The Bertz CT molecular complexity index is 1080. The predicted molar refractivity (Wildman–Crippen MR) is 147 cm³/mol. The van der Waals surface area contributed by atoms with Gasteiger partial charge in [0.25, 0.3) is 0 Å². The summed E-state index contributed by atoms with van der Waals surface area (Å²) >= 11 is 0. The van der Waals surface area contributed by atoms with Gasteiger partial charge in [-0.3, -0.25) is 0 Å². The number of carbonyl (C=O) groups excluding carboxylic acids is 2. The highest BCUT2D eigenvalue weighted by molar-refractivity contribution is 5.68. The number of amides is 2. The lowest BCUT2D eigenvalue weighted by Gasteiger charge is -2.20. The van der Waals surface area contributed by atoms with Crippen molar-refractivity contribution in [3.8, 4) is 11.5 Å². The average Bonchev–Trinajstić information content (AvgIpc) is 2.78. The van der Waals surface area contributed by atoms with E-state index >= 15 is 0 Å². The first-order valence-corrected chi connectivity index (χ1v) is 12.7. The van der Waals surface area contributed by atoms with Gasteiger partial charge < -0.3 is 35.9 Å². The fraction of sp³-hybridized carbons (Fsp3) is 0.500. The van der Waals surface area contributed by atoms with Gasteiger partial charge in [0.05, 0.1) is 0 Å². The minimum Gasteiger partial charge on any atom is -0.457 e. The van der Waals surface area contributed by atoms with Crippen LogP contribution in [0.1, 0.15) is 59.1 Å². The fourth-order valence-electron chi connectivity index (χ4n) is 3.39. The molecule has 0 aromatic heterocycles. The number of rotatable bonds is 11. The number of nitrogens with two attached hydrogens (primary N) is 1. The number of carbonyl (C=O) groups is 2. The number of hydrogen-bond acceptors (Lipinski definition) is 7. The van der Waals surface area contributed by atoms with E-state index in [9.17, 15) is 14.0 Å². The zero-order chi connectivity index (χ0) is 28.3. The number of anilines is 2. The van der Waals surface area contributed by atoms with E-state index in [1.54, 1.807) is 51.1 Å². The van der Waals surface area contributed by atoms with E-state index in [-0.39, 0.29) is 0 Å². The molecule has 0 heterocycles. The molecule has 0 atom stereocenters. The van der Waals surface area contributed by atoms with Gasteiger partial charge in [-0.25, -0.2) is 14.0 Å². The van der Waals surface area contributed by atoms with Gasteiger partial charge in [0.1, 0.15) is 29.4 Å². The lowest BCUT2D eigenvalue weighted by Crippen LogP contribution is -2.35. The minimum atomic E-state index is -0.660. The predicted octanol–water partition coefficient (Wildman–Crippen LogP) is 5.92. The maximum Gasteiger partial charge on any atom is 0.407 e. The summed E-state index contributed by atoms with van der Waals surface area (Å²) in [4.78, 5) is 23.7. The number of halogens is 1. The summed E-state index contributed by atoms with van der Waals surface area (Å²) in [5.41, 5.74) is 7.40. The number of alkyl halides is 1. The molecule has 0 bridgehead atoms. The van der Waals surface area contributed by atoms with Gasteiger partial charge >= 0.3 is 12.2 Å². The van der Waals surface area contributed by atoms with Crippen LogP contribution in [0, 0.1) is 0 Å². The smallest absolute Gasteiger partial charge is 0.407 e. The lowest BCUT2D eigenvalue weighted by molar-refractivity contribution is 0.0517. The summed E-state index contributed by atoms with van der Waals surface area (Å²) < 4.78 is 30.2. The van der Waals surface area contributed by atoms with E-state index in [0.29, 0.717) is 60.9 Å². The molecule has 0 aliphatic heterocycles. The van der Waals surface area contributed by atoms with Gasteiger partial charge in [0, 0.05) is 37.1 Å². The van der Waals surface area contributed by atoms with E-state index in [0.717, 1.165) is 5.56 Å². The molecule has 0 radical (unpaired) electrons. The van der Waals surface area contributed by atoms with Crippen LogP contribution in [0.3, 0.4) is 0 Å². The van der Waals surface area contributed by atoms with Crippen molar-refractivity contribution in [1.82, 2.24) is 10.6 Å². The Morgan fingerprint density at radius 1 is 0.868 bits per heavy atom. The number of nitrogens with one attached hydrogen (secondary N) is 3. The molecule has 0 saturated heterocycles. The molecular formula is C28H41FN4O5. The van der Waals surface area contributed by atoms with Gasteiger partial charge in [-0.2, -0.15) is 0 Å². The van der Waals surface area contributed by atoms with Crippen molar-refractivity contribution in [2.75, 3.05) is 30.7 Å². The Balaban J connectivity index is 1.99. The molecule has 0 unspecified atom stereocenters. The van der Waals surface area contributed by atoms with Crippen LogP contribution in [-0.2, 0) is 22.6 Å². The maximum atomic E-state index is 13.6. The number of alkyl carbamates (subject to hydrolysis) is 2. The van der Waals surface area contributed by atoms with E-state index in [1.165, 1.54) is 0 Å². The molecule has 9 nitrogen and oxygen atoms in total. The standard InChI is InChI=1S/C28H41FN4O5/c1-27(2,3)37-25(34)32-11-7-8-20-16-21(30)9-10-24(20)36-23-15-19(18-29)14-22(17-23)31-12-13-33-26(35)38-28(4,5)6/h9-10,14-17,31H,7-8,11-13,18,30H2,1-6H3,(H,32,34)(H,33,35). The molecule has 10 heteroatoms. The lowest BCUT2D eigenvalue weighted by atomic mass is 10.1. The van der Waals surface area contributed by atoms with Crippen LogP contribution < -0.4 is 26.4 Å². The van der Waals surface area contributed by atoms with Gasteiger partial charge in [0.15, 0.2) is 0 Å². The average molecular weight is 533 g/mol. The molecular weight excluding hydrogens is 491 g/mol. The van der Waals surface area contributed by atoms with Crippen molar-refractivity contribution in [3.63, 3.8) is 0 Å². The summed E-state index contributed by atoms with van der Waals surface area (Å²) in [6.07, 6.45) is 0.269. The van der Waals surface area contributed by atoms with Gasteiger partial charge in [-0.05, 0) is 95.8 Å². The molecule has 0 aliphatic rings. The molecule has 2 rings (SSSR count). The van der Waals surface area contributed by atoms with Crippen LogP contribution in [-0.4, -0.2) is 43.0 Å². The quantitative estimate of drug-likeness (QED) is 0.209. The minimum absolute atomic E-state index is 0.324. The van der Waals surface area contributed by atoms with E-state index in [2.05, 4.69) is 16.0 Å². The number of aryl methyl sites for hydroxylation is 1. The van der Waals surface area contributed by atoms with Crippen LogP contribution in [0.5, 0.6) is 11.5 Å². The molecule has 0 saturated carbocycles.